The maximum atomic E-state index is 12.2. The van der Waals surface area contributed by atoms with E-state index in [9.17, 15) is 4.79 Å². The molecule has 3 rings (SSSR count). The minimum Gasteiger partial charge on any atom is -0.464 e. The van der Waals surface area contributed by atoms with E-state index >= 15 is 0 Å². The molecule has 0 atom stereocenters. The summed E-state index contributed by atoms with van der Waals surface area (Å²) in [6.07, 6.45) is 1.78. The lowest BCUT2D eigenvalue weighted by atomic mass is 9.86. The van der Waals surface area contributed by atoms with E-state index in [1.165, 1.54) is 5.56 Å². The lowest BCUT2D eigenvalue weighted by molar-refractivity contribution is -0.133. The summed E-state index contributed by atoms with van der Waals surface area (Å²) in [6, 6.07) is 12.8. The van der Waals surface area contributed by atoms with Crippen molar-refractivity contribution >= 4 is 28.5 Å². The van der Waals surface area contributed by atoms with Gasteiger partial charge in [0.15, 0.2) is 0 Å². The Kier molecular flexibility index (Phi) is 4.37. The molecule has 0 saturated heterocycles. The normalized spacial score (nSPS) is 11.7. The van der Waals surface area contributed by atoms with Crippen molar-refractivity contribution in [2.24, 2.45) is 0 Å². The van der Waals surface area contributed by atoms with Crippen LogP contribution in [-0.2, 0) is 16.6 Å². The minimum atomic E-state index is -0.332. The van der Waals surface area contributed by atoms with Crippen molar-refractivity contribution in [3.05, 3.63) is 64.9 Å². The highest BCUT2D eigenvalue weighted by molar-refractivity contribution is 6.30. The number of hydrogen-bond donors (Lipinski definition) is 0. The standard InChI is InChI=1S/C20H19ClO3/c1-20(2,3)14-4-9-18-17(11-14)13(12-23-18)10-19(22)24-16-7-5-15(21)6-8-16/h4-9,11-12H,10H2,1-3H3. The van der Waals surface area contributed by atoms with E-state index in [4.69, 9.17) is 20.8 Å². The molecule has 2 aromatic carbocycles. The van der Waals surface area contributed by atoms with Crippen LogP contribution in [0.25, 0.3) is 11.0 Å². The highest BCUT2D eigenvalue weighted by atomic mass is 35.5. The molecule has 0 aliphatic carbocycles. The summed E-state index contributed by atoms with van der Waals surface area (Å²) in [4.78, 5) is 12.2. The number of hydrogen-bond acceptors (Lipinski definition) is 3. The van der Waals surface area contributed by atoms with Crippen LogP contribution in [0.3, 0.4) is 0 Å². The fourth-order valence-corrected chi connectivity index (χ4v) is 2.64. The molecule has 0 unspecified atom stereocenters. The second-order valence-corrected chi connectivity index (χ2v) is 7.26. The van der Waals surface area contributed by atoms with E-state index in [1.54, 1.807) is 30.5 Å². The van der Waals surface area contributed by atoms with Gasteiger partial charge in [-0.15, -0.1) is 0 Å². The van der Waals surface area contributed by atoms with Crippen LogP contribution in [0, 0.1) is 0 Å². The smallest absolute Gasteiger partial charge is 0.315 e. The summed E-state index contributed by atoms with van der Waals surface area (Å²) in [5.74, 6) is 0.147. The number of benzene rings is 2. The Bertz CT molecular complexity index is 870. The van der Waals surface area contributed by atoms with Gasteiger partial charge in [0.1, 0.15) is 11.3 Å². The number of halogens is 1. The SMILES string of the molecule is CC(C)(C)c1ccc2occ(CC(=O)Oc3ccc(Cl)cc3)c2c1. The summed E-state index contributed by atoms with van der Waals surface area (Å²) in [7, 11) is 0. The lowest BCUT2D eigenvalue weighted by Gasteiger charge is -2.18. The molecule has 0 aliphatic heterocycles. The van der Waals surface area contributed by atoms with Crippen LogP contribution >= 0.6 is 11.6 Å². The quantitative estimate of drug-likeness (QED) is 0.464. The Morgan fingerprint density at radius 2 is 1.83 bits per heavy atom. The van der Waals surface area contributed by atoms with Gasteiger partial charge >= 0.3 is 5.97 Å². The van der Waals surface area contributed by atoms with Crippen molar-refractivity contribution in [1.29, 1.82) is 0 Å². The average molecular weight is 343 g/mol. The highest BCUT2D eigenvalue weighted by Crippen LogP contribution is 2.29. The Morgan fingerprint density at radius 3 is 2.50 bits per heavy atom. The molecule has 0 amide bonds. The molecule has 24 heavy (non-hydrogen) atoms. The first-order valence-corrected chi connectivity index (χ1v) is 8.17. The molecular formula is C20H19ClO3. The van der Waals surface area contributed by atoms with Crippen LogP contribution < -0.4 is 4.74 Å². The first kappa shape index (κ1) is 16.6. The number of rotatable bonds is 3. The largest absolute Gasteiger partial charge is 0.464 e. The molecule has 0 spiro atoms. The molecule has 124 valence electrons. The molecule has 0 N–H and O–H groups in total. The van der Waals surface area contributed by atoms with Crippen molar-refractivity contribution in [2.75, 3.05) is 0 Å². The summed E-state index contributed by atoms with van der Waals surface area (Å²) in [5, 5.41) is 1.56. The molecule has 3 aromatic rings. The molecule has 4 heteroatoms. The average Bonchev–Trinajstić information content (AvgIpc) is 2.91. The third kappa shape index (κ3) is 3.62. The number of esters is 1. The van der Waals surface area contributed by atoms with E-state index in [0.29, 0.717) is 10.8 Å². The predicted molar refractivity (Wildman–Crippen MR) is 95.7 cm³/mol. The van der Waals surface area contributed by atoms with Crippen molar-refractivity contribution < 1.29 is 13.9 Å². The molecular weight excluding hydrogens is 324 g/mol. The summed E-state index contributed by atoms with van der Waals surface area (Å²) in [6.45, 7) is 6.47. The van der Waals surface area contributed by atoms with E-state index < -0.39 is 0 Å². The molecule has 0 saturated carbocycles. The Hall–Kier alpha value is -2.26. The lowest BCUT2D eigenvalue weighted by Crippen LogP contribution is -2.12. The van der Waals surface area contributed by atoms with Crippen molar-refractivity contribution in [2.45, 2.75) is 32.6 Å². The molecule has 1 heterocycles. The van der Waals surface area contributed by atoms with E-state index in [1.807, 2.05) is 6.07 Å². The van der Waals surface area contributed by atoms with Crippen molar-refractivity contribution in [3.63, 3.8) is 0 Å². The fraction of sp³-hybridized carbons (Fsp3) is 0.250. The van der Waals surface area contributed by atoms with Crippen molar-refractivity contribution in [1.82, 2.24) is 0 Å². The Labute approximate surface area is 146 Å². The highest BCUT2D eigenvalue weighted by Gasteiger charge is 2.17. The van der Waals surface area contributed by atoms with Gasteiger partial charge in [-0.05, 0) is 47.4 Å². The second kappa shape index (κ2) is 6.33. The van der Waals surface area contributed by atoms with Gasteiger partial charge in [-0.3, -0.25) is 4.79 Å². The number of carbonyl (C=O) groups excluding carboxylic acids is 1. The molecule has 0 aliphatic rings. The number of fused-ring (bicyclic) bond motifs is 1. The summed E-state index contributed by atoms with van der Waals surface area (Å²) >= 11 is 5.83. The van der Waals surface area contributed by atoms with Gasteiger partial charge in [0, 0.05) is 16.0 Å². The third-order valence-electron chi connectivity index (χ3n) is 3.90. The molecule has 0 fully saturated rings. The second-order valence-electron chi connectivity index (χ2n) is 6.83. The summed E-state index contributed by atoms with van der Waals surface area (Å²) < 4.78 is 10.9. The van der Waals surface area contributed by atoms with Gasteiger partial charge in [0.05, 0.1) is 12.7 Å². The topological polar surface area (TPSA) is 39.4 Å². The fourth-order valence-electron chi connectivity index (χ4n) is 2.51. The zero-order valence-corrected chi connectivity index (χ0v) is 14.7. The minimum absolute atomic E-state index is 0.0343. The number of furan rings is 1. The maximum Gasteiger partial charge on any atom is 0.315 e. The van der Waals surface area contributed by atoms with Gasteiger partial charge in [-0.25, -0.2) is 0 Å². The van der Waals surface area contributed by atoms with E-state index in [0.717, 1.165) is 16.5 Å². The number of carbonyl (C=O) groups is 1. The third-order valence-corrected chi connectivity index (χ3v) is 4.15. The van der Waals surface area contributed by atoms with Gasteiger partial charge in [-0.1, -0.05) is 38.4 Å². The maximum absolute atomic E-state index is 12.2. The summed E-state index contributed by atoms with van der Waals surface area (Å²) in [5.41, 5.74) is 2.84. The van der Waals surface area contributed by atoms with Crippen LogP contribution in [0.1, 0.15) is 31.9 Å². The van der Waals surface area contributed by atoms with Gasteiger partial charge in [-0.2, -0.15) is 0 Å². The van der Waals surface area contributed by atoms with Crippen LogP contribution in [0.5, 0.6) is 5.75 Å². The predicted octanol–water partition coefficient (Wildman–Crippen LogP) is 5.53. The Morgan fingerprint density at radius 1 is 1.12 bits per heavy atom. The van der Waals surface area contributed by atoms with Gasteiger partial charge in [0.2, 0.25) is 0 Å². The first-order chi connectivity index (χ1) is 11.3. The van der Waals surface area contributed by atoms with Crippen LogP contribution in [0.4, 0.5) is 0 Å². The molecule has 1 aromatic heterocycles. The first-order valence-electron chi connectivity index (χ1n) is 7.80. The molecule has 3 nitrogen and oxygen atoms in total. The number of ether oxygens (including phenoxy) is 1. The molecule has 0 radical (unpaired) electrons. The van der Waals surface area contributed by atoms with Crippen molar-refractivity contribution in [3.8, 4) is 5.75 Å². The Balaban J connectivity index is 1.81. The van der Waals surface area contributed by atoms with Gasteiger partial charge < -0.3 is 9.15 Å². The zero-order valence-electron chi connectivity index (χ0n) is 13.9. The van der Waals surface area contributed by atoms with Gasteiger partial charge in [0.25, 0.3) is 0 Å². The van der Waals surface area contributed by atoms with E-state index in [-0.39, 0.29) is 17.8 Å². The monoisotopic (exact) mass is 342 g/mol. The molecule has 0 bridgehead atoms. The zero-order chi connectivity index (χ0) is 17.3. The van der Waals surface area contributed by atoms with Crippen LogP contribution in [0.2, 0.25) is 5.02 Å². The van der Waals surface area contributed by atoms with E-state index in [2.05, 4.69) is 32.9 Å². The van der Waals surface area contributed by atoms with Crippen LogP contribution in [-0.4, -0.2) is 5.97 Å². The van der Waals surface area contributed by atoms with Crippen LogP contribution in [0.15, 0.2) is 53.1 Å².